The Morgan fingerprint density at radius 1 is 0.849 bits per heavy atom. The Bertz CT molecular complexity index is 1890. The smallest absolute Gasteiger partial charge is 0.311 e. The number of anilines is 1. The summed E-state index contributed by atoms with van der Waals surface area (Å²) in [7, 11) is 1.54. The van der Waals surface area contributed by atoms with Gasteiger partial charge in [-0.3, -0.25) is 14.9 Å². The summed E-state index contributed by atoms with van der Waals surface area (Å²) < 4.78 is 26.6. The molecule has 0 aliphatic heterocycles. The van der Waals surface area contributed by atoms with Gasteiger partial charge in [0.15, 0.2) is 23.1 Å². The second-order valence-electron chi connectivity index (χ2n) is 11.5. The van der Waals surface area contributed by atoms with Crippen LogP contribution in [-0.4, -0.2) is 44.5 Å². The van der Waals surface area contributed by atoms with Crippen LogP contribution >= 0.6 is 11.9 Å². The molecule has 0 amide bonds. The topological polar surface area (TPSA) is 161 Å². The van der Waals surface area contributed by atoms with Gasteiger partial charge in [-0.25, -0.2) is 15.0 Å². The Morgan fingerprint density at radius 2 is 1.49 bits per heavy atom. The van der Waals surface area contributed by atoms with E-state index in [4.69, 9.17) is 23.9 Å². The molecule has 0 atom stereocenters. The molecule has 0 fully saturated rings. The Morgan fingerprint density at radius 3 is 2.09 bits per heavy atom. The molecule has 1 N–H and O–H groups in total. The lowest BCUT2D eigenvalue weighted by Gasteiger charge is -2.19. The molecule has 0 unspecified atom stereocenters. The first kappa shape index (κ1) is 41.7. The first-order valence-corrected chi connectivity index (χ1v) is 18.0. The van der Waals surface area contributed by atoms with E-state index in [9.17, 15) is 14.9 Å². The molecule has 2 aromatic heterocycles. The fourth-order valence-corrected chi connectivity index (χ4v) is 4.98. The Hall–Kier alpha value is -5.76. The molecule has 0 aliphatic rings. The lowest BCUT2D eigenvalue weighted by Crippen LogP contribution is -2.11. The first-order valence-electron chi connectivity index (χ1n) is 17.2. The average Bonchev–Trinajstić information content (AvgIpc) is 3.18. The van der Waals surface area contributed by atoms with Crippen LogP contribution in [0.4, 0.5) is 11.5 Å². The summed E-state index contributed by atoms with van der Waals surface area (Å²) in [6, 6.07) is 22.3. The molecular weight excluding hydrogens is 697 g/mol. The number of hydrogen-bond donors (Lipinski definition) is 1. The molecule has 13 nitrogen and oxygen atoms in total. The SMILES string of the molecule is CC.CC.COc1ccccc1Oc1c(NSc2ccc(C(C)(C)C)cc2)nc(-c2ncccn2)nc1OCCCC(=O)Oc1ccc([N+](=O)[O-])cc1. The van der Waals surface area contributed by atoms with Crippen molar-refractivity contribution >= 4 is 29.4 Å². The van der Waals surface area contributed by atoms with Gasteiger partial charge in [-0.05, 0) is 71.8 Å². The number of non-ortho nitro benzene ring substituents is 1. The molecule has 3 aromatic carbocycles. The highest BCUT2D eigenvalue weighted by molar-refractivity contribution is 8.00. The Balaban J connectivity index is 0.00000183. The van der Waals surface area contributed by atoms with Gasteiger partial charge in [-0.2, -0.15) is 4.98 Å². The van der Waals surface area contributed by atoms with Crippen molar-refractivity contribution in [3.05, 3.63) is 107 Å². The zero-order valence-corrected chi connectivity index (χ0v) is 32.1. The molecule has 0 saturated heterocycles. The van der Waals surface area contributed by atoms with Crippen LogP contribution in [0.2, 0.25) is 0 Å². The number of methoxy groups -OCH3 is 1. The van der Waals surface area contributed by atoms with Gasteiger partial charge < -0.3 is 23.7 Å². The molecule has 14 heteroatoms. The van der Waals surface area contributed by atoms with Crippen LogP contribution in [0.3, 0.4) is 0 Å². The largest absolute Gasteiger partial charge is 0.493 e. The van der Waals surface area contributed by atoms with E-state index in [-0.39, 0.29) is 59.6 Å². The zero-order valence-electron chi connectivity index (χ0n) is 31.3. The normalized spacial score (nSPS) is 10.4. The van der Waals surface area contributed by atoms with Gasteiger partial charge in [0, 0.05) is 35.8 Å². The minimum Gasteiger partial charge on any atom is -0.493 e. The van der Waals surface area contributed by atoms with Crippen molar-refractivity contribution in [3.63, 3.8) is 0 Å². The number of nitro benzene ring substituents is 1. The molecule has 0 aliphatic carbocycles. The molecule has 0 spiro atoms. The number of nitro groups is 1. The second-order valence-corrected chi connectivity index (χ2v) is 12.4. The lowest BCUT2D eigenvalue weighted by molar-refractivity contribution is -0.384. The number of ether oxygens (including phenoxy) is 4. The van der Waals surface area contributed by atoms with Crippen molar-refractivity contribution in [1.29, 1.82) is 0 Å². The molecule has 5 rings (SSSR count). The van der Waals surface area contributed by atoms with Crippen LogP contribution in [0.15, 0.2) is 96.2 Å². The molecule has 5 aromatic rings. The van der Waals surface area contributed by atoms with E-state index in [0.717, 1.165) is 4.90 Å². The molecule has 2 heterocycles. The van der Waals surface area contributed by atoms with Crippen molar-refractivity contribution in [3.8, 4) is 40.5 Å². The van der Waals surface area contributed by atoms with Crippen molar-refractivity contribution in [2.75, 3.05) is 18.4 Å². The highest BCUT2D eigenvalue weighted by atomic mass is 32.2. The van der Waals surface area contributed by atoms with Crippen LogP contribution in [0.1, 0.15) is 66.9 Å². The standard InChI is InChI=1S/C35H34N6O7S.2C2H6/c1-35(2,3)23-12-18-26(19-13-23)49-40-31-30(48-28-10-6-5-9-27(28)45-4)34(39-33(38-31)32-36-20-8-21-37-32)46-22-7-11-29(42)47-25-16-14-24(15-17-25)41(43)44;2*1-2/h5-6,8-10,12-21H,7,11,22H2,1-4H3,(H,38,39,40);2*1-2H3. The van der Waals surface area contributed by atoms with E-state index in [2.05, 4.69) is 52.6 Å². The van der Waals surface area contributed by atoms with E-state index >= 15 is 0 Å². The fourth-order valence-electron chi connectivity index (χ4n) is 4.35. The minimum absolute atomic E-state index is 0.00490. The maximum Gasteiger partial charge on any atom is 0.311 e. The van der Waals surface area contributed by atoms with Gasteiger partial charge in [0.05, 0.1) is 18.6 Å². The summed E-state index contributed by atoms with van der Waals surface area (Å²) in [5, 5.41) is 10.9. The van der Waals surface area contributed by atoms with Crippen LogP contribution in [0.5, 0.6) is 28.9 Å². The van der Waals surface area contributed by atoms with Gasteiger partial charge >= 0.3 is 5.97 Å². The number of hydrogen-bond acceptors (Lipinski definition) is 13. The van der Waals surface area contributed by atoms with E-state index in [1.54, 1.807) is 36.7 Å². The first-order chi connectivity index (χ1) is 25.6. The molecule has 0 bridgehead atoms. The molecular formula is C39H46N6O7S. The van der Waals surface area contributed by atoms with Crippen molar-refractivity contribution in [2.24, 2.45) is 0 Å². The van der Waals surface area contributed by atoms with Crippen LogP contribution in [-0.2, 0) is 10.2 Å². The van der Waals surface area contributed by atoms with Gasteiger partial charge in [-0.1, -0.05) is 72.7 Å². The number of esters is 1. The van der Waals surface area contributed by atoms with Crippen molar-refractivity contribution in [1.82, 2.24) is 19.9 Å². The third kappa shape index (κ3) is 12.5. The number of nitrogens with zero attached hydrogens (tertiary/aromatic N) is 5. The van der Waals surface area contributed by atoms with E-state index in [0.29, 0.717) is 17.3 Å². The minimum atomic E-state index is -0.528. The fraction of sp³-hybridized carbons (Fsp3) is 0.308. The third-order valence-electron chi connectivity index (χ3n) is 6.91. The number of carbonyl (C=O) groups excluding carboxylic acids is 1. The summed E-state index contributed by atoms with van der Waals surface area (Å²) in [6.45, 7) is 14.5. The van der Waals surface area contributed by atoms with E-state index in [1.165, 1.54) is 48.9 Å². The van der Waals surface area contributed by atoms with Crippen LogP contribution in [0.25, 0.3) is 11.6 Å². The average molecular weight is 743 g/mol. The lowest BCUT2D eigenvalue weighted by atomic mass is 9.87. The van der Waals surface area contributed by atoms with E-state index in [1.807, 2.05) is 45.9 Å². The number of rotatable bonds is 14. The summed E-state index contributed by atoms with van der Waals surface area (Å²) in [6.07, 6.45) is 3.44. The maximum atomic E-state index is 12.5. The van der Waals surface area contributed by atoms with Gasteiger partial charge in [0.1, 0.15) is 5.75 Å². The number of benzene rings is 3. The van der Waals surface area contributed by atoms with Gasteiger partial charge in [0.25, 0.3) is 11.6 Å². The predicted octanol–water partition coefficient (Wildman–Crippen LogP) is 9.88. The van der Waals surface area contributed by atoms with Crippen molar-refractivity contribution in [2.45, 2.75) is 71.6 Å². The number of aromatic nitrogens is 4. The highest BCUT2D eigenvalue weighted by Crippen LogP contribution is 2.42. The number of nitrogens with one attached hydrogen (secondary N) is 1. The molecule has 0 radical (unpaired) electrons. The molecule has 53 heavy (non-hydrogen) atoms. The summed E-state index contributed by atoms with van der Waals surface area (Å²) >= 11 is 1.33. The summed E-state index contributed by atoms with van der Waals surface area (Å²) in [4.78, 5) is 41.8. The van der Waals surface area contributed by atoms with Crippen LogP contribution < -0.4 is 23.7 Å². The predicted molar refractivity (Wildman–Crippen MR) is 207 cm³/mol. The number of carbonyl (C=O) groups is 1. The van der Waals surface area contributed by atoms with Crippen LogP contribution in [0, 0.1) is 10.1 Å². The highest BCUT2D eigenvalue weighted by Gasteiger charge is 2.23. The molecule has 280 valence electrons. The third-order valence-corrected chi connectivity index (χ3v) is 7.71. The quantitative estimate of drug-likeness (QED) is 0.0286. The zero-order chi connectivity index (χ0) is 38.8. The van der Waals surface area contributed by atoms with Crippen molar-refractivity contribution < 1.29 is 28.7 Å². The number of para-hydroxylation sites is 2. The Labute approximate surface area is 314 Å². The summed E-state index contributed by atoms with van der Waals surface area (Å²) in [5.41, 5.74) is 1.11. The van der Waals surface area contributed by atoms with Gasteiger partial charge in [-0.15, -0.1) is 0 Å². The second kappa shape index (κ2) is 20.9. The maximum absolute atomic E-state index is 12.5. The monoisotopic (exact) mass is 742 g/mol. The summed E-state index contributed by atoms with van der Waals surface area (Å²) in [5.74, 6) is 1.56. The van der Waals surface area contributed by atoms with Gasteiger partial charge in [0.2, 0.25) is 11.6 Å². The van der Waals surface area contributed by atoms with E-state index < -0.39 is 10.9 Å². The molecule has 0 saturated carbocycles. The Kier molecular flexibility index (Phi) is 16.5.